The van der Waals surface area contributed by atoms with Gasteiger partial charge in [0.1, 0.15) is 5.82 Å². The fourth-order valence-electron chi connectivity index (χ4n) is 2.85. The first-order valence-corrected chi connectivity index (χ1v) is 7.32. The molecule has 1 unspecified atom stereocenters. The molecule has 1 fully saturated rings. The third kappa shape index (κ3) is 2.62. The summed E-state index contributed by atoms with van der Waals surface area (Å²) in [6.45, 7) is 7.92. The minimum Gasteiger partial charge on any atom is -0.310 e. The van der Waals surface area contributed by atoms with Gasteiger partial charge in [-0.2, -0.15) is 0 Å². The average molecular weight is 314 g/mol. The van der Waals surface area contributed by atoms with Crippen molar-refractivity contribution in [1.29, 1.82) is 0 Å². The van der Waals surface area contributed by atoms with Gasteiger partial charge < -0.3 is 5.32 Å². The Morgan fingerprint density at radius 1 is 1.39 bits per heavy atom. The zero-order chi connectivity index (χ0) is 13.4. The molecule has 1 aromatic rings. The Kier molecular flexibility index (Phi) is 3.84. The van der Waals surface area contributed by atoms with Gasteiger partial charge in [0.2, 0.25) is 0 Å². The molecule has 1 nitrogen and oxygen atoms in total. The molecule has 0 radical (unpaired) electrons. The van der Waals surface area contributed by atoms with E-state index < -0.39 is 0 Å². The maximum Gasteiger partial charge on any atom is 0.124 e. The molecule has 0 spiro atoms. The molecule has 3 heteroatoms. The van der Waals surface area contributed by atoms with Crippen LogP contribution in [0.5, 0.6) is 0 Å². The Bertz CT molecular complexity index is 431. The summed E-state index contributed by atoms with van der Waals surface area (Å²) in [4.78, 5) is 0. The van der Waals surface area contributed by atoms with Crippen LogP contribution in [0.1, 0.15) is 39.2 Å². The molecule has 0 amide bonds. The highest BCUT2D eigenvalue weighted by atomic mass is 79.9. The van der Waals surface area contributed by atoms with E-state index in [-0.39, 0.29) is 16.8 Å². The van der Waals surface area contributed by atoms with E-state index in [1.54, 1.807) is 12.1 Å². The number of rotatable bonds is 2. The van der Waals surface area contributed by atoms with Crippen molar-refractivity contribution >= 4 is 15.9 Å². The highest BCUT2D eigenvalue weighted by Crippen LogP contribution is 2.40. The monoisotopic (exact) mass is 313 g/mol. The van der Waals surface area contributed by atoms with Crippen molar-refractivity contribution in [3.63, 3.8) is 0 Å². The summed E-state index contributed by atoms with van der Waals surface area (Å²) in [5.74, 6) is -0.185. The van der Waals surface area contributed by atoms with E-state index in [1.165, 1.54) is 18.4 Å². The number of hydrogen-bond acceptors (Lipinski definition) is 1. The summed E-state index contributed by atoms with van der Waals surface area (Å²) in [7, 11) is 0. The van der Waals surface area contributed by atoms with Crippen molar-refractivity contribution in [2.24, 2.45) is 5.41 Å². The lowest BCUT2D eigenvalue weighted by molar-refractivity contribution is 0.159. The topological polar surface area (TPSA) is 12.0 Å². The molecule has 2 rings (SSSR count). The Morgan fingerprint density at radius 2 is 2.11 bits per heavy atom. The second kappa shape index (κ2) is 4.93. The molecule has 1 heterocycles. The van der Waals surface area contributed by atoms with Crippen molar-refractivity contribution in [2.45, 2.75) is 45.6 Å². The first-order valence-electron chi connectivity index (χ1n) is 6.53. The molecule has 1 N–H and O–H groups in total. The SMILES string of the molecule is CC(C)(C)C1(Cc2ccc(F)cc2Br)CCCN1. The van der Waals surface area contributed by atoms with E-state index in [1.807, 2.05) is 6.07 Å². The van der Waals surface area contributed by atoms with Gasteiger partial charge in [-0.3, -0.25) is 0 Å². The predicted octanol–water partition coefficient (Wildman–Crippen LogP) is 4.30. The second-order valence-electron chi connectivity index (χ2n) is 6.27. The number of halogens is 2. The van der Waals surface area contributed by atoms with Crippen molar-refractivity contribution < 1.29 is 4.39 Å². The van der Waals surface area contributed by atoms with Gasteiger partial charge >= 0.3 is 0 Å². The van der Waals surface area contributed by atoms with Gasteiger partial charge in [0, 0.05) is 10.0 Å². The smallest absolute Gasteiger partial charge is 0.124 e. The standard InChI is InChI=1S/C15H21BrFN/c1-14(2,3)15(7-4-8-18-15)10-11-5-6-12(17)9-13(11)16/h5-6,9,18H,4,7-8,10H2,1-3H3. The highest BCUT2D eigenvalue weighted by Gasteiger charge is 2.43. The number of nitrogens with one attached hydrogen (secondary N) is 1. The lowest BCUT2D eigenvalue weighted by Gasteiger charge is -2.43. The Balaban J connectivity index is 2.30. The minimum absolute atomic E-state index is 0.118. The van der Waals surface area contributed by atoms with E-state index in [0.717, 1.165) is 17.4 Å². The highest BCUT2D eigenvalue weighted by molar-refractivity contribution is 9.10. The quantitative estimate of drug-likeness (QED) is 0.858. The van der Waals surface area contributed by atoms with E-state index in [4.69, 9.17) is 0 Å². The van der Waals surface area contributed by atoms with Crippen molar-refractivity contribution in [2.75, 3.05) is 6.54 Å². The molecule has 0 aliphatic carbocycles. The third-order valence-corrected chi connectivity index (χ3v) is 4.92. The Hall–Kier alpha value is -0.410. The van der Waals surface area contributed by atoms with Gasteiger partial charge in [-0.15, -0.1) is 0 Å². The lowest BCUT2D eigenvalue weighted by Crippen LogP contribution is -2.52. The van der Waals surface area contributed by atoms with E-state index in [0.29, 0.717) is 0 Å². The van der Waals surface area contributed by atoms with E-state index in [2.05, 4.69) is 42.0 Å². The van der Waals surface area contributed by atoms with Crippen LogP contribution in [0.2, 0.25) is 0 Å². The summed E-state index contributed by atoms with van der Waals surface area (Å²) in [5, 5.41) is 3.69. The van der Waals surface area contributed by atoms with Crippen molar-refractivity contribution in [3.05, 3.63) is 34.1 Å². The second-order valence-corrected chi connectivity index (χ2v) is 7.13. The van der Waals surface area contributed by atoms with Gasteiger partial charge in [-0.1, -0.05) is 42.8 Å². The molecule has 1 aliphatic rings. The van der Waals surface area contributed by atoms with Gasteiger partial charge in [0.25, 0.3) is 0 Å². The number of benzene rings is 1. The first-order chi connectivity index (χ1) is 8.34. The van der Waals surface area contributed by atoms with E-state index >= 15 is 0 Å². The molecular formula is C15H21BrFN. The number of hydrogen-bond donors (Lipinski definition) is 1. The normalized spacial score (nSPS) is 24.5. The summed E-state index contributed by atoms with van der Waals surface area (Å²) in [5.41, 5.74) is 1.49. The summed E-state index contributed by atoms with van der Waals surface area (Å²) in [6.07, 6.45) is 3.34. The van der Waals surface area contributed by atoms with Crippen LogP contribution in [-0.2, 0) is 6.42 Å². The van der Waals surface area contributed by atoms with Crippen LogP contribution in [0.15, 0.2) is 22.7 Å². The molecule has 1 aromatic carbocycles. The predicted molar refractivity (Wildman–Crippen MR) is 77.2 cm³/mol. The van der Waals surface area contributed by atoms with Gasteiger partial charge in [0.15, 0.2) is 0 Å². The van der Waals surface area contributed by atoms with Crippen LogP contribution in [0.3, 0.4) is 0 Å². The lowest BCUT2D eigenvalue weighted by atomic mass is 9.69. The molecule has 0 aromatic heterocycles. The molecule has 1 aliphatic heterocycles. The molecule has 100 valence electrons. The molecule has 18 heavy (non-hydrogen) atoms. The fourth-order valence-corrected chi connectivity index (χ4v) is 3.34. The fraction of sp³-hybridized carbons (Fsp3) is 0.600. The zero-order valence-electron chi connectivity index (χ0n) is 11.3. The third-order valence-electron chi connectivity index (χ3n) is 4.19. The van der Waals surface area contributed by atoms with Crippen molar-refractivity contribution in [3.8, 4) is 0 Å². The molecule has 1 saturated heterocycles. The maximum absolute atomic E-state index is 13.1. The molecule has 0 bridgehead atoms. The Labute approximate surface area is 117 Å². The maximum atomic E-state index is 13.1. The van der Waals surface area contributed by atoms with Gasteiger partial charge in [0.05, 0.1) is 0 Å². The summed E-state index contributed by atoms with van der Waals surface area (Å²) < 4.78 is 14.0. The molecule has 1 atom stereocenters. The van der Waals surface area contributed by atoms with Gasteiger partial charge in [-0.05, 0) is 48.9 Å². The first kappa shape index (κ1) is 14.0. The van der Waals surface area contributed by atoms with Crippen molar-refractivity contribution in [1.82, 2.24) is 5.32 Å². The van der Waals surface area contributed by atoms with Gasteiger partial charge in [-0.25, -0.2) is 4.39 Å². The average Bonchev–Trinajstić information content (AvgIpc) is 2.71. The summed E-state index contributed by atoms with van der Waals surface area (Å²) >= 11 is 3.48. The van der Waals surface area contributed by atoms with Crippen LogP contribution in [-0.4, -0.2) is 12.1 Å². The largest absolute Gasteiger partial charge is 0.310 e. The van der Waals surface area contributed by atoms with Crippen LogP contribution in [0.25, 0.3) is 0 Å². The Morgan fingerprint density at radius 3 is 2.61 bits per heavy atom. The van der Waals surface area contributed by atoms with E-state index in [9.17, 15) is 4.39 Å². The summed E-state index contributed by atoms with van der Waals surface area (Å²) in [6, 6.07) is 5.00. The van der Waals surface area contributed by atoms with Crippen LogP contribution >= 0.6 is 15.9 Å². The minimum atomic E-state index is -0.185. The van der Waals surface area contributed by atoms with Crippen LogP contribution in [0.4, 0.5) is 4.39 Å². The van der Waals surface area contributed by atoms with Crippen LogP contribution in [0, 0.1) is 11.2 Å². The zero-order valence-corrected chi connectivity index (χ0v) is 12.9. The van der Waals surface area contributed by atoms with Crippen LogP contribution < -0.4 is 5.32 Å². The molecular weight excluding hydrogens is 293 g/mol. The molecule has 0 saturated carbocycles.